The van der Waals surface area contributed by atoms with Crippen molar-refractivity contribution in [3.8, 4) is 0 Å². The molecule has 0 spiro atoms. The number of fused-ring (bicyclic) bond motifs is 1. The van der Waals surface area contributed by atoms with Crippen LogP contribution in [-0.2, 0) is 6.54 Å². The maximum atomic E-state index is 5.70. The van der Waals surface area contributed by atoms with E-state index in [0.717, 1.165) is 17.2 Å². The van der Waals surface area contributed by atoms with E-state index in [2.05, 4.69) is 34.4 Å². The minimum absolute atomic E-state index is 0.622. The fraction of sp³-hybridized carbons (Fsp3) is 0.364. The Kier molecular flexibility index (Phi) is 3.33. The fourth-order valence-corrected chi connectivity index (χ4v) is 2.62. The highest BCUT2D eigenvalue weighted by Gasteiger charge is 2.10. The molecular formula is C11H14ClN3S. The summed E-state index contributed by atoms with van der Waals surface area (Å²) in [4.78, 5) is 6.84. The van der Waals surface area contributed by atoms with Crippen LogP contribution in [0.4, 0.5) is 0 Å². The molecule has 0 atom stereocenters. The number of imidazole rings is 1. The van der Waals surface area contributed by atoms with Crippen LogP contribution in [0.15, 0.2) is 17.8 Å². The number of rotatable bonds is 4. The van der Waals surface area contributed by atoms with E-state index in [1.165, 1.54) is 10.6 Å². The zero-order valence-corrected chi connectivity index (χ0v) is 11.0. The van der Waals surface area contributed by atoms with Crippen LogP contribution in [0, 0.1) is 13.8 Å². The highest BCUT2D eigenvalue weighted by molar-refractivity contribution is 7.17. The average Bonchev–Trinajstić information content (AvgIpc) is 2.64. The summed E-state index contributed by atoms with van der Waals surface area (Å²) >= 11 is 7.41. The molecule has 0 aliphatic carbocycles. The van der Waals surface area contributed by atoms with Crippen LogP contribution in [-0.4, -0.2) is 15.9 Å². The Labute approximate surface area is 104 Å². The fourth-order valence-electron chi connectivity index (χ4n) is 1.64. The minimum Gasteiger partial charge on any atom is -0.306 e. The van der Waals surface area contributed by atoms with Gasteiger partial charge in [-0.15, -0.1) is 11.3 Å². The van der Waals surface area contributed by atoms with Crippen molar-refractivity contribution in [3.63, 3.8) is 0 Å². The Balaban J connectivity index is 2.21. The summed E-state index contributed by atoms with van der Waals surface area (Å²) in [6.45, 7) is 9.15. The number of halogens is 1. The molecule has 1 N–H and O–H groups in total. The molecule has 5 heteroatoms. The summed E-state index contributed by atoms with van der Waals surface area (Å²) in [5.74, 6) is 0. The molecule has 2 rings (SSSR count). The molecule has 0 aliphatic rings. The highest BCUT2D eigenvalue weighted by Crippen LogP contribution is 2.20. The number of nitrogens with zero attached hydrogens (tertiary/aromatic N) is 2. The third-order valence-electron chi connectivity index (χ3n) is 2.35. The molecule has 0 aliphatic heterocycles. The lowest BCUT2D eigenvalue weighted by Crippen LogP contribution is -2.16. The highest BCUT2D eigenvalue weighted by atomic mass is 35.5. The van der Waals surface area contributed by atoms with Crippen LogP contribution in [0.3, 0.4) is 0 Å². The number of hydrogen-bond acceptors (Lipinski definition) is 3. The van der Waals surface area contributed by atoms with E-state index in [9.17, 15) is 0 Å². The summed E-state index contributed by atoms with van der Waals surface area (Å²) in [6, 6.07) is 0. The topological polar surface area (TPSA) is 29.3 Å². The second-order valence-electron chi connectivity index (χ2n) is 3.76. The first-order valence-electron chi connectivity index (χ1n) is 5.06. The molecule has 0 amide bonds. The van der Waals surface area contributed by atoms with Crippen molar-refractivity contribution in [3.05, 3.63) is 34.1 Å². The van der Waals surface area contributed by atoms with E-state index in [4.69, 9.17) is 11.6 Å². The van der Waals surface area contributed by atoms with E-state index in [-0.39, 0.29) is 0 Å². The lowest BCUT2D eigenvalue weighted by atomic mass is 10.3. The van der Waals surface area contributed by atoms with Gasteiger partial charge in [-0.25, -0.2) is 4.98 Å². The maximum Gasteiger partial charge on any atom is 0.194 e. The van der Waals surface area contributed by atoms with Crippen molar-refractivity contribution in [2.75, 3.05) is 6.54 Å². The molecule has 0 unspecified atom stereocenters. The van der Waals surface area contributed by atoms with E-state index in [1.54, 1.807) is 11.3 Å². The smallest absolute Gasteiger partial charge is 0.194 e. The quantitative estimate of drug-likeness (QED) is 0.910. The standard InChI is InChI=1S/C11H14ClN3S/c1-7(12)4-13-5-10-9(3)14-11-15(10)6-8(2)16-11/h6,13H,1,4-5H2,2-3H3. The van der Waals surface area contributed by atoms with Gasteiger partial charge in [0.1, 0.15) is 0 Å². The molecule has 0 bridgehead atoms. The van der Waals surface area contributed by atoms with E-state index in [1.807, 2.05) is 6.92 Å². The summed E-state index contributed by atoms with van der Waals surface area (Å²) in [5, 5.41) is 3.87. The number of hydrogen-bond donors (Lipinski definition) is 1. The molecule has 0 fully saturated rings. The molecule has 2 aromatic heterocycles. The van der Waals surface area contributed by atoms with Crippen molar-refractivity contribution >= 4 is 27.9 Å². The molecule has 0 saturated carbocycles. The van der Waals surface area contributed by atoms with Gasteiger partial charge in [-0.2, -0.15) is 0 Å². The van der Waals surface area contributed by atoms with Gasteiger partial charge in [-0.3, -0.25) is 4.40 Å². The monoisotopic (exact) mass is 255 g/mol. The third kappa shape index (κ3) is 2.29. The molecule has 3 nitrogen and oxygen atoms in total. The largest absolute Gasteiger partial charge is 0.306 e. The van der Waals surface area contributed by atoms with Gasteiger partial charge in [-0.1, -0.05) is 18.2 Å². The first kappa shape index (κ1) is 11.6. The predicted octanol–water partition coefficient (Wildman–Crippen LogP) is 2.85. The summed E-state index contributed by atoms with van der Waals surface area (Å²) in [6.07, 6.45) is 2.12. The lowest BCUT2D eigenvalue weighted by Gasteiger charge is -2.03. The van der Waals surface area contributed by atoms with E-state index < -0.39 is 0 Å². The van der Waals surface area contributed by atoms with Crippen molar-refractivity contribution in [1.82, 2.24) is 14.7 Å². The van der Waals surface area contributed by atoms with Gasteiger partial charge < -0.3 is 5.32 Å². The van der Waals surface area contributed by atoms with Gasteiger partial charge in [0.15, 0.2) is 4.96 Å². The Bertz CT molecular complexity index is 527. The Morgan fingerprint density at radius 2 is 2.38 bits per heavy atom. The molecular weight excluding hydrogens is 242 g/mol. The van der Waals surface area contributed by atoms with Gasteiger partial charge in [0.05, 0.1) is 11.4 Å². The molecule has 0 saturated heterocycles. The SMILES string of the molecule is C=C(Cl)CNCc1c(C)nc2sc(C)cn12. The second kappa shape index (κ2) is 4.57. The van der Waals surface area contributed by atoms with Crippen molar-refractivity contribution in [2.45, 2.75) is 20.4 Å². The molecule has 0 aromatic carbocycles. The first-order chi connectivity index (χ1) is 7.58. The maximum absolute atomic E-state index is 5.70. The number of aromatic nitrogens is 2. The molecule has 2 heterocycles. The zero-order chi connectivity index (χ0) is 11.7. The number of nitrogens with one attached hydrogen (secondary N) is 1. The zero-order valence-electron chi connectivity index (χ0n) is 9.38. The molecule has 16 heavy (non-hydrogen) atoms. The van der Waals surface area contributed by atoms with Crippen LogP contribution in [0.2, 0.25) is 0 Å². The van der Waals surface area contributed by atoms with E-state index >= 15 is 0 Å². The summed E-state index contributed by atoms with van der Waals surface area (Å²) < 4.78 is 2.14. The third-order valence-corrected chi connectivity index (χ3v) is 3.38. The average molecular weight is 256 g/mol. The van der Waals surface area contributed by atoms with Crippen LogP contribution in [0.1, 0.15) is 16.3 Å². The van der Waals surface area contributed by atoms with Gasteiger partial charge in [0, 0.05) is 29.2 Å². The van der Waals surface area contributed by atoms with Gasteiger partial charge in [0.2, 0.25) is 0 Å². The predicted molar refractivity (Wildman–Crippen MR) is 69.2 cm³/mol. The molecule has 0 radical (unpaired) electrons. The molecule has 2 aromatic rings. The van der Waals surface area contributed by atoms with Gasteiger partial charge in [-0.05, 0) is 13.8 Å². The van der Waals surface area contributed by atoms with Crippen molar-refractivity contribution in [1.29, 1.82) is 0 Å². The Hall–Kier alpha value is -0.840. The van der Waals surface area contributed by atoms with Gasteiger partial charge in [0.25, 0.3) is 0 Å². The van der Waals surface area contributed by atoms with Crippen LogP contribution in [0.5, 0.6) is 0 Å². The summed E-state index contributed by atoms with van der Waals surface area (Å²) in [7, 11) is 0. The Morgan fingerprint density at radius 1 is 1.62 bits per heavy atom. The van der Waals surface area contributed by atoms with Crippen molar-refractivity contribution in [2.24, 2.45) is 0 Å². The summed E-state index contributed by atoms with van der Waals surface area (Å²) in [5.41, 5.74) is 2.26. The van der Waals surface area contributed by atoms with Gasteiger partial charge >= 0.3 is 0 Å². The first-order valence-corrected chi connectivity index (χ1v) is 6.25. The lowest BCUT2D eigenvalue weighted by molar-refractivity contribution is 0.725. The normalized spacial score (nSPS) is 11.2. The van der Waals surface area contributed by atoms with Crippen LogP contribution < -0.4 is 5.32 Å². The Morgan fingerprint density at radius 3 is 3.06 bits per heavy atom. The van der Waals surface area contributed by atoms with Crippen LogP contribution in [0.25, 0.3) is 4.96 Å². The van der Waals surface area contributed by atoms with Crippen LogP contribution >= 0.6 is 22.9 Å². The number of thiazole rings is 1. The van der Waals surface area contributed by atoms with Crippen molar-refractivity contribution < 1.29 is 0 Å². The molecule has 86 valence electrons. The minimum atomic E-state index is 0.622. The second-order valence-corrected chi connectivity index (χ2v) is 5.51. The number of aryl methyl sites for hydroxylation is 2. The van der Waals surface area contributed by atoms with E-state index in [0.29, 0.717) is 11.6 Å².